The van der Waals surface area contributed by atoms with Crippen LogP contribution in [0.1, 0.15) is 56.9 Å². The third-order valence-corrected chi connectivity index (χ3v) is 7.66. The van der Waals surface area contributed by atoms with Crippen LogP contribution in [0, 0.1) is 29.1 Å². The number of methoxy groups -OCH3 is 1. The van der Waals surface area contributed by atoms with Gasteiger partial charge in [0.25, 0.3) is 5.91 Å². The highest BCUT2D eigenvalue weighted by molar-refractivity contribution is 5.92. The molecule has 2 aliphatic rings. The van der Waals surface area contributed by atoms with Gasteiger partial charge in [-0.15, -0.1) is 0 Å². The number of carbonyl (C=O) groups excluding carboxylic acids is 2. The van der Waals surface area contributed by atoms with Gasteiger partial charge in [0, 0.05) is 38.0 Å². The van der Waals surface area contributed by atoms with Crippen LogP contribution in [0.25, 0.3) is 0 Å². The van der Waals surface area contributed by atoms with Crippen molar-refractivity contribution < 1.29 is 19.4 Å². The fraction of sp³-hybridized carbons (Fsp3) is 0.739. The number of hydrogen-bond acceptors (Lipinski definition) is 6. The first-order chi connectivity index (χ1) is 14.8. The number of fused-ring (bicyclic) bond motifs is 1. The van der Waals surface area contributed by atoms with E-state index in [1.807, 2.05) is 6.92 Å². The third-order valence-electron chi connectivity index (χ3n) is 7.66. The van der Waals surface area contributed by atoms with Crippen LogP contribution in [0.15, 0.2) is 18.6 Å². The van der Waals surface area contributed by atoms with Crippen molar-refractivity contribution in [1.29, 1.82) is 0 Å². The van der Waals surface area contributed by atoms with E-state index in [0.717, 1.165) is 25.7 Å². The van der Waals surface area contributed by atoms with Crippen LogP contribution in [-0.4, -0.2) is 59.3 Å². The first-order valence-electron chi connectivity index (χ1n) is 11.3. The molecule has 0 radical (unpaired) electrons. The molecule has 8 nitrogen and oxygen atoms in total. The Bertz CT molecular complexity index is 761. The molecule has 2 saturated carbocycles. The van der Waals surface area contributed by atoms with E-state index in [0.29, 0.717) is 18.8 Å². The Hall–Kier alpha value is -2.06. The molecule has 2 amide bonds. The summed E-state index contributed by atoms with van der Waals surface area (Å²) in [6.45, 7) is 7.20. The number of aliphatic hydroxyl groups excluding tert-OH is 1. The van der Waals surface area contributed by atoms with Gasteiger partial charge in [-0.25, -0.2) is 4.98 Å². The van der Waals surface area contributed by atoms with Crippen molar-refractivity contribution in [3.63, 3.8) is 0 Å². The summed E-state index contributed by atoms with van der Waals surface area (Å²) in [6.07, 6.45) is 7.52. The molecule has 1 heterocycles. The summed E-state index contributed by atoms with van der Waals surface area (Å²) in [5, 5.41) is 17.4. The molecule has 31 heavy (non-hydrogen) atoms. The number of rotatable bonds is 7. The zero-order chi connectivity index (χ0) is 22.6. The van der Waals surface area contributed by atoms with Gasteiger partial charge < -0.3 is 20.5 Å². The average molecular weight is 433 g/mol. The molecule has 0 bridgehead atoms. The van der Waals surface area contributed by atoms with E-state index in [9.17, 15) is 14.7 Å². The van der Waals surface area contributed by atoms with Crippen molar-refractivity contribution in [2.75, 3.05) is 20.3 Å². The monoisotopic (exact) mass is 432 g/mol. The predicted octanol–water partition coefficient (Wildman–Crippen LogP) is 1.80. The highest BCUT2D eigenvalue weighted by Gasteiger charge is 2.53. The van der Waals surface area contributed by atoms with E-state index in [1.165, 1.54) is 18.6 Å². The van der Waals surface area contributed by atoms with Gasteiger partial charge >= 0.3 is 0 Å². The molecule has 2 aliphatic carbocycles. The van der Waals surface area contributed by atoms with Gasteiger partial charge in [-0.3, -0.25) is 14.6 Å². The quantitative estimate of drug-likeness (QED) is 0.566. The maximum atomic E-state index is 12.6. The van der Waals surface area contributed by atoms with E-state index in [4.69, 9.17) is 4.74 Å². The van der Waals surface area contributed by atoms with Gasteiger partial charge in [-0.05, 0) is 48.9 Å². The molecule has 0 aliphatic heterocycles. The topological polar surface area (TPSA) is 113 Å². The van der Waals surface area contributed by atoms with Crippen LogP contribution in [0.3, 0.4) is 0 Å². The number of ether oxygens (including phenoxy) is 1. The molecule has 0 saturated heterocycles. The van der Waals surface area contributed by atoms with Crippen molar-refractivity contribution in [1.82, 2.24) is 20.6 Å². The molecule has 3 N–H and O–H groups in total. The molecular formula is C23H36N4O4. The zero-order valence-corrected chi connectivity index (χ0v) is 19.0. The van der Waals surface area contributed by atoms with Crippen LogP contribution in [-0.2, 0) is 9.53 Å². The van der Waals surface area contributed by atoms with Gasteiger partial charge in [0.15, 0.2) is 0 Å². The number of aliphatic hydroxyl groups is 1. The van der Waals surface area contributed by atoms with Crippen molar-refractivity contribution >= 4 is 11.8 Å². The van der Waals surface area contributed by atoms with Gasteiger partial charge in [0.05, 0.1) is 18.9 Å². The maximum absolute atomic E-state index is 12.6. The molecule has 2 fully saturated rings. The number of carbonyl (C=O) groups is 2. The molecule has 1 aromatic heterocycles. The van der Waals surface area contributed by atoms with E-state index in [-0.39, 0.29) is 46.9 Å². The fourth-order valence-corrected chi connectivity index (χ4v) is 5.79. The Morgan fingerprint density at radius 2 is 2.06 bits per heavy atom. The molecule has 0 unspecified atom stereocenters. The number of aromatic nitrogens is 2. The fourth-order valence-electron chi connectivity index (χ4n) is 5.79. The Kier molecular flexibility index (Phi) is 7.64. The molecule has 1 aromatic rings. The summed E-state index contributed by atoms with van der Waals surface area (Å²) in [6, 6.07) is -0.0492. The van der Waals surface area contributed by atoms with E-state index in [2.05, 4.69) is 34.4 Å². The largest absolute Gasteiger partial charge is 0.392 e. The highest BCUT2D eigenvalue weighted by atomic mass is 16.5. The standard InChI is InChI=1S/C23H36N4O4/c1-14(21(29)26-11-12-31-4)16-5-7-23(3)8-6-17(15(2)19(23)20(16)28)27-22(30)18-13-24-9-10-25-18/h9-10,13-17,19-20,28H,5-8,11-12H2,1-4H3,(H,26,29)(H,27,30)/t14-,15+,16+,17-,19+,20-,23-/m0/s1. The SMILES string of the molecule is COCCNC(=O)[C@@H](C)[C@H]1CC[C@@]2(C)CC[C@H](NC(=O)c3cnccn3)[C@@H](C)[C@@H]2[C@H]1O. The molecule has 7 atom stereocenters. The van der Waals surface area contributed by atoms with Gasteiger partial charge in [-0.1, -0.05) is 20.8 Å². The Morgan fingerprint density at radius 3 is 2.74 bits per heavy atom. The Balaban J connectivity index is 1.70. The highest BCUT2D eigenvalue weighted by Crippen LogP contribution is 2.55. The molecule has 3 rings (SSSR count). The van der Waals surface area contributed by atoms with Crippen LogP contribution in [0.5, 0.6) is 0 Å². The van der Waals surface area contributed by atoms with Crippen molar-refractivity contribution in [3.05, 3.63) is 24.3 Å². The molecule has 0 aromatic carbocycles. The second-order valence-electron chi connectivity index (χ2n) is 9.51. The molecule has 0 spiro atoms. The van der Waals surface area contributed by atoms with E-state index in [1.54, 1.807) is 7.11 Å². The average Bonchev–Trinajstić information content (AvgIpc) is 2.76. The van der Waals surface area contributed by atoms with E-state index < -0.39 is 6.10 Å². The van der Waals surface area contributed by atoms with Gasteiger partial charge in [0.1, 0.15) is 5.69 Å². The minimum Gasteiger partial charge on any atom is -0.392 e. The second kappa shape index (κ2) is 10.0. The lowest BCUT2D eigenvalue weighted by atomic mass is 9.51. The van der Waals surface area contributed by atoms with E-state index >= 15 is 0 Å². The molecule has 8 heteroatoms. The first-order valence-corrected chi connectivity index (χ1v) is 11.3. The summed E-state index contributed by atoms with van der Waals surface area (Å²) < 4.78 is 5.00. The summed E-state index contributed by atoms with van der Waals surface area (Å²) in [7, 11) is 1.60. The van der Waals surface area contributed by atoms with Crippen LogP contribution >= 0.6 is 0 Å². The summed E-state index contributed by atoms with van der Waals surface area (Å²) in [4.78, 5) is 33.3. The summed E-state index contributed by atoms with van der Waals surface area (Å²) >= 11 is 0. The summed E-state index contributed by atoms with van der Waals surface area (Å²) in [5.74, 6) is -0.556. The smallest absolute Gasteiger partial charge is 0.271 e. The first kappa shape index (κ1) is 23.6. The lowest BCUT2D eigenvalue weighted by Gasteiger charge is -2.56. The Labute approximate surface area is 184 Å². The zero-order valence-electron chi connectivity index (χ0n) is 19.0. The van der Waals surface area contributed by atoms with Gasteiger partial charge in [0.2, 0.25) is 5.91 Å². The third kappa shape index (κ3) is 5.06. The normalized spacial score (nSPS) is 33.8. The number of nitrogens with one attached hydrogen (secondary N) is 2. The number of amides is 2. The lowest BCUT2D eigenvalue weighted by molar-refractivity contribution is -0.142. The van der Waals surface area contributed by atoms with Crippen LogP contribution in [0.4, 0.5) is 0 Å². The van der Waals surface area contributed by atoms with Crippen molar-refractivity contribution in [2.24, 2.45) is 29.1 Å². The lowest BCUT2D eigenvalue weighted by Crippen LogP contribution is -2.58. The minimum atomic E-state index is -0.590. The minimum absolute atomic E-state index is 0.00929. The van der Waals surface area contributed by atoms with Crippen molar-refractivity contribution in [2.45, 2.75) is 58.6 Å². The Morgan fingerprint density at radius 1 is 1.32 bits per heavy atom. The molecular weight excluding hydrogens is 396 g/mol. The van der Waals surface area contributed by atoms with Crippen LogP contribution < -0.4 is 10.6 Å². The predicted molar refractivity (Wildman–Crippen MR) is 116 cm³/mol. The van der Waals surface area contributed by atoms with Gasteiger partial charge in [-0.2, -0.15) is 0 Å². The summed E-state index contributed by atoms with van der Waals surface area (Å²) in [5.41, 5.74) is 0.307. The number of nitrogens with zero attached hydrogens (tertiary/aromatic N) is 2. The second-order valence-corrected chi connectivity index (χ2v) is 9.51. The maximum Gasteiger partial charge on any atom is 0.271 e. The molecule has 172 valence electrons. The van der Waals surface area contributed by atoms with Crippen LogP contribution in [0.2, 0.25) is 0 Å². The van der Waals surface area contributed by atoms with Crippen molar-refractivity contribution in [3.8, 4) is 0 Å². The number of hydrogen-bond donors (Lipinski definition) is 3.